The Hall–Kier alpha value is -1.56. The Bertz CT molecular complexity index is 485. The number of pyridine rings is 1. The van der Waals surface area contributed by atoms with E-state index >= 15 is 0 Å². The van der Waals surface area contributed by atoms with Gasteiger partial charge in [0.2, 0.25) is 0 Å². The fourth-order valence-corrected chi connectivity index (χ4v) is 2.57. The van der Waals surface area contributed by atoms with Crippen LogP contribution in [0.3, 0.4) is 0 Å². The highest BCUT2D eigenvalue weighted by Crippen LogP contribution is 2.10. The second-order valence-corrected chi connectivity index (χ2v) is 5.71. The summed E-state index contributed by atoms with van der Waals surface area (Å²) < 4.78 is 1.66. The summed E-state index contributed by atoms with van der Waals surface area (Å²) in [7, 11) is 0. The molecular weight excluding hydrogens is 260 g/mol. The molecule has 0 saturated heterocycles. The number of aryl methyl sites for hydroxylation is 1. The summed E-state index contributed by atoms with van der Waals surface area (Å²) >= 11 is 0. The van der Waals surface area contributed by atoms with Crippen molar-refractivity contribution in [2.75, 3.05) is 0 Å². The molecule has 0 amide bonds. The number of nitrogens with zero attached hydrogens (tertiary/aromatic N) is 2. The minimum absolute atomic E-state index is 0.157. The van der Waals surface area contributed by atoms with Crippen LogP contribution in [-0.2, 0) is 6.54 Å². The SMILES string of the molecule is CCCCCCCCCCCCn1cccc(C#N)c1=O. The standard InChI is InChI=1S/C18H28N2O/c1-2-3-4-5-6-7-8-9-10-11-14-20-15-12-13-17(16-19)18(20)21/h12-13,15H,2-11,14H2,1H3. The van der Waals surface area contributed by atoms with Crippen molar-refractivity contribution in [2.45, 2.75) is 77.7 Å². The predicted octanol–water partition coefficient (Wildman–Crippen LogP) is 4.64. The van der Waals surface area contributed by atoms with Gasteiger partial charge >= 0.3 is 0 Å². The molecule has 0 spiro atoms. The molecule has 3 heteroatoms. The van der Waals surface area contributed by atoms with Gasteiger partial charge in [-0.3, -0.25) is 4.79 Å². The topological polar surface area (TPSA) is 45.8 Å². The quantitative estimate of drug-likeness (QED) is 0.557. The zero-order chi connectivity index (χ0) is 15.3. The predicted molar refractivity (Wildman–Crippen MR) is 87.3 cm³/mol. The van der Waals surface area contributed by atoms with Crippen LogP contribution in [0.15, 0.2) is 23.1 Å². The lowest BCUT2D eigenvalue weighted by Crippen LogP contribution is -2.21. The molecule has 0 fully saturated rings. The van der Waals surface area contributed by atoms with Crippen LogP contribution in [0.2, 0.25) is 0 Å². The fraction of sp³-hybridized carbons (Fsp3) is 0.667. The Labute approximate surface area is 128 Å². The Morgan fingerprint density at radius 2 is 1.57 bits per heavy atom. The van der Waals surface area contributed by atoms with Gasteiger partial charge in [-0.25, -0.2) is 0 Å². The van der Waals surface area contributed by atoms with Crippen LogP contribution in [0.25, 0.3) is 0 Å². The third kappa shape index (κ3) is 7.13. The lowest BCUT2D eigenvalue weighted by molar-refractivity contribution is 0.530. The van der Waals surface area contributed by atoms with Gasteiger partial charge in [0.1, 0.15) is 11.6 Å². The van der Waals surface area contributed by atoms with Crippen LogP contribution in [0.1, 0.15) is 76.7 Å². The molecule has 0 aliphatic carbocycles. The molecule has 1 heterocycles. The minimum atomic E-state index is -0.157. The van der Waals surface area contributed by atoms with Crippen molar-refractivity contribution < 1.29 is 0 Å². The smallest absolute Gasteiger partial charge is 0.268 e. The second-order valence-electron chi connectivity index (χ2n) is 5.71. The van der Waals surface area contributed by atoms with E-state index in [-0.39, 0.29) is 11.1 Å². The zero-order valence-corrected chi connectivity index (χ0v) is 13.3. The summed E-state index contributed by atoms with van der Waals surface area (Å²) in [6.07, 6.45) is 14.7. The lowest BCUT2D eigenvalue weighted by Gasteiger charge is -2.05. The monoisotopic (exact) mass is 288 g/mol. The molecule has 0 aliphatic heterocycles. The first-order valence-corrected chi connectivity index (χ1v) is 8.39. The Balaban J connectivity index is 2.07. The number of nitriles is 1. The molecule has 1 rings (SSSR count). The molecule has 0 unspecified atom stereocenters. The highest BCUT2D eigenvalue weighted by atomic mass is 16.1. The molecule has 0 radical (unpaired) electrons. The van der Waals surface area contributed by atoms with Crippen LogP contribution in [0, 0.1) is 11.3 Å². The van der Waals surface area contributed by atoms with E-state index < -0.39 is 0 Å². The Morgan fingerprint density at radius 1 is 1.00 bits per heavy atom. The summed E-state index contributed by atoms with van der Waals surface area (Å²) in [4.78, 5) is 11.8. The van der Waals surface area contributed by atoms with Crippen molar-refractivity contribution in [3.8, 4) is 6.07 Å². The molecule has 21 heavy (non-hydrogen) atoms. The van der Waals surface area contributed by atoms with E-state index in [1.165, 1.54) is 51.4 Å². The first kappa shape index (κ1) is 17.5. The van der Waals surface area contributed by atoms with Gasteiger partial charge < -0.3 is 4.57 Å². The van der Waals surface area contributed by atoms with E-state index in [9.17, 15) is 4.79 Å². The van der Waals surface area contributed by atoms with Crippen molar-refractivity contribution in [1.82, 2.24) is 4.57 Å². The summed E-state index contributed by atoms with van der Waals surface area (Å²) in [5.74, 6) is 0. The summed E-state index contributed by atoms with van der Waals surface area (Å²) in [6.45, 7) is 2.97. The van der Waals surface area contributed by atoms with Crippen molar-refractivity contribution >= 4 is 0 Å². The van der Waals surface area contributed by atoms with Gasteiger partial charge in [0.25, 0.3) is 5.56 Å². The molecule has 0 atom stereocenters. The van der Waals surface area contributed by atoms with Gasteiger partial charge in [-0.1, -0.05) is 64.7 Å². The summed E-state index contributed by atoms with van der Waals surface area (Å²) in [5, 5.41) is 8.83. The van der Waals surface area contributed by atoms with E-state index in [0.29, 0.717) is 0 Å². The highest BCUT2D eigenvalue weighted by molar-refractivity contribution is 5.24. The first-order valence-electron chi connectivity index (χ1n) is 8.39. The minimum Gasteiger partial charge on any atom is -0.314 e. The Kier molecular flexibility index (Phi) is 9.28. The van der Waals surface area contributed by atoms with Crippen molar-refractivity contribution in [3.63, 3.8) is 0 Å². The van der Waals surface area contributed by atoms with Crippen LogP contribution in [0.5, 0.6) is 0 Å². The van der Waals surface area contributed by atoms with Gasteiger partial charge in [-0.2, -0.15) is 5.26 Å². The van der Waals surface area contributed by atoms with Crippen LogP contribution < -0.4 is 5.56 Å². The molecule has 0 bridgehead atoms. The van der Waals surface area contributed by atoms with E-state index in [0.717, 1.165) is 19.4 Å². The maximum Gasteiger partial charge on any atom is 0.268 e. The van der Waals surface area contributed by atoms with Gasteiger partial charge in [-0.15, -0.1) is 0 Å². The molecule has 0 saturated carbocycles. The molecule has 0 aliphatic rings. The first-order chi connectivity index (χ1) is 10.3. The number of rotatable bonds is 11. The van der Waals surface area contributed by atoms with E-state index in [1.807, 2.05) is 6.07 Å². The normalized spacial score (nSPS) is 10.5. The third-order valence-electron chi connectivity index (χ3n) is 3.89. The average Bonchev–Trinajstić information content (AvgIpc) is 2.50. The maximum atomic E-state index is 11.8. The molecule has 0 N–H and O–H groups in total. The summed E-state index contributed by atoms with van der Waals surface area (Å²) in [5.41, 5.74) is 0.0838. The van der Waals surface area contributed by atoms with Crippen LogP contribution in [0.4, 0.5) is 0 Å². The lowest BCUT2D eigenvalue weighted by atomic mass is 10.1. The highest BCUT2D eigenvalue weighted by Gasteiger charge is 2.01. The number of aromatic nitrogens is 1. The Morgan fingerprint density at radius 3 is 2.14 bits per heavy atom. The third-order valence-corrected chi connectivity index (χ3v) is 3.89. The zero-order valence-electron chi connectivity index (χ0n) is 13.3. The van der Waals surface area contributed by atoms with E-state index in [4.69, 9.17) is 5.26 Å². The molecule has 1 aromatic heterocycles. The van der Waals surface area contributed by atoms with Crippen LogP contribution >= 0.6 is 0 Å². The largest absolute Gasteiger partial charge is 0.314 e. The van der Waals surface area contributed by atoms with E-state index in [2.05, 4.69) is 6.92 Å². The van der Waals surface area contributed by atoms with E-state index in [1.54, 1.807) is 22.9 Å². The number of hydrogen-bond acceptors (Lipinski definition) is 2. The fourth-order valence-electron chi connectivity index (χ4n) is 2.57. The number of hydrogen-bond donors (Lipinski definition) is 0. The van der Waals surface area contributed by atoms with Crippen LogP contribution in [-0.4, -0.2) is 4.57 Å². The number of unbranched alkanes of at least 4 members (excludes halogenated alkanes) is 9. The average molecular weight is 288 g/mol. The van der Waals surface area contributed by atoms with Gasteiger partial charge in [0.05, 0.1) is 0 Å². The van der Waals surface area contributed by atoms with Gasteiger partial charge in [-0.05, 0) is 18.6 Å². The van der Waals surface area contributed by atoms with Crippen molar-refractivity contribution in [3.05, 3.63) is 34.2 Å². The second kappa shape index (κ2) is 11.1. The van der Waals surface area contributed by atoms with Gasteiger partial charge in [0.15, 0.2) is 0 Å². The maximum absolute atomic E-state index is 11.8. The molecule has 116 valence electrons. The van der Waals surface area contributed by atoms with Crippen molar-refractivity contribution in [1.29, 1.82) is 5.26 Å². The summed E-state index contributed by atoms with van der Waals surface area (Å²) in [6, 6.07) is 5.30. The molecule has 3 nitrogen and oxygen atoms in total. The van der Waals surface area contributed by atoms with Gasteiger partial charge in [0, 0.05) is 12.7 Å². The molecule has 1 aromatic rings. The van der Waals surface area contributed by atoms with Crippen molar-refractivity contribution in [2.24, 2.45) is 0 Å². The molecular formula is C18H28N2O. The molecule has 0 aromatic carbocycles.